The van der Waals surface area contributed by atoms with Crippen molar-refractivity contribution in [3.63, 3.8) is 0 Å². The third-order valence-electron chi connectivity index (χ3n) is 5.59. The molecule has 0 saturated carbocycles. The van der Waals surface area contributed by atoms with Crippen LogP contribution in [0.2, 0.25) is 0 Å². The van der Waals surface area contributed by atoms with Crippen LogP contribution < -0.4 is 10.1 Å². The van der Waals surface area contributed by atoms with Crippen LogP contribution in [0.3, 0.4) is 0 Å². The van der Waals surface area contributed by atoms with Gasteiger partial charge >= 0.3 is 6.18 Å². The highest BCUT2D eigenvalue weighted by molar-refractivity contribution is 5.88. The van der Waals surface area contributed by atoms with Crippen LogP contribution in [0.1, 0.15) is 11.3 Å². The Kier molecular flexibility index (Phi) is 6.53. The monoisotopic (exact) mass is 501 g/mol. The molecule has 0 aliphatic heterocycles. The molecule has 0 saturated heterocycles. The van der Waals surface area contributed by atoms with Crippen LogP contribution in [-0.4, -0.2) is 44.6 Å². The van der Waals surface area contributed by atoms with E-state index in [2.05, 4.69) is 15.3 Å². The number of nitriles is 1. The van der Waals surface area contributed by atoms with Crippen molar-refractivity contribution in [3.05, 3.63) is 71.9 Å². The Hall–Kier alpha value is -4.21. The largest absolute Gasteiger partial charge is 0.496 e. The highest BCUT2D eigenvalue weighted by Crippen LogP contribution is 2.37. The summed E-state index contributed by atoms with van der Waals surface area (Å²) < 4.78 is 59.8. The molecule has 0 amide bonds. The summed E-state index contributed by atoms with van der Waals surface area (Å²) in [5.41, 5.74) is 0.537. The highest BCUT2D eigenvalue weighted by Gasteiger charge is 2.54. The summed E-state index contributed by atoms with van der Waals surface area (Å²) in [7, 11) is 1.46. The number of fused-ring (bicyclic) bond motifs is 1. The Balaban J connectivity index is 1.52. The molecule has 36 heavy (non-hydrogen) atoms. The summed E-state index contributed by atoms with van der Waals surface area (Å²) in [6.45, 7) is 0.477. The van der Waals surface area contributed by atoms with E-state index in [0.29, 0.717) is 28.2 Å². The second-order valence-electron chi connectivity index (χ2n) is 7.77. The van der Waals surface area contributed by atoms with Crippen LogP contribution >= 0.6 is 0 Å². The smallest absolute Gasteiger partial charge is 0.447 e. The van der Waals surface area contributed by atoms with Crippen molar-refractivity contribution in [2.45, 2.75) is 18.5 Å². The first kappa shape index (κ1) is 24.9. The molecule has 0 fully saturated rings. The van der Waals surface area contributed by atoms with Gasteiger partial charge in [-0.15, -0.1) is 0 Å². The molecule has 0 radical (unpaired) electrons. The number of aromatic nitrogens is 3. The van der Waals surface area contributed by atoms with Crippen molar-refractivity contribution in [1.82, 2.24) is 14.5 Å². The fraction of sp³-hybridized carbons (Fsp3) is 0.208. The van der Waals surface area contributed by atoms with Gasteiger partial charge in [-0.25, -0.2) is 14.4 Å². The van der Waals surface area contributed by atoms with Gasteiger partial charge in [-0.1, -0.05) is 24.3 Å². The number of benzene rings is 2. The maximum Gasteiger partial charge on any atom is 0.447 e. The Morgan fingerprint density at radius 1 is 1.08 bits per heavy atom. The second kappa shape index (κ2) is 9.44. The van der Waals surface area contributed by atoms with E-state index in [1.165, 1.54) is 42.3 Å². The molecule has 0 aliphatic carbocycles. The van der Waals surface area contributed by atoms with Gasteiger partial charge in [-0.05, 0) is 18.2 Å². The number of methoxy groups -OCH3 is 1. The minimum atomic E-state index is -5.26. The zero-order chi connectivity index (χ0) is 26.1. The molecule has 4 aromatic rings. The first-order chi connectivity index (χ1) is 17.1. The number of nitrogens with zero attached hydrogens (tertiary/aromatic N) is 4. The summed E-state index contributed by atoms with van der Waals surface area (Å²) in [6, 6.07) is 12.3. The Morgan fingerprint density at radius 2 is 1.81 bits per heavy atom. The minimum Gasteiger partial charge on any atom is -0.496 e. The van der Waals surface area contributed by atoms with E-state index in [9.17, 15) is 33.0 Å². The maximum atomic E-state index is 14.6. The molecular weight excluding hydrogens is 482 g/mol. The van der Waals surface area contributed by atoms with E-state index >= 15 is 0 Å². The van der Waals surface area contributed by atoms with E-state index in [1.54, 1.807) is 12.1 Å². The molecule has 2 aromatic carbocycles. The van der Waals surface area contributed by atoms with Crippen LogP contribution in [0, 0.1) is 17.1 Å². The van der Waals surface area contributed by atoms with E-state index in [0.717, 1.165) is 12.1 Å². The first-order valence-electron chi connectivity index (χ1n) is 10.5. The van der Waals surface area contributed by atoms with E-state index in [1.807, 2.05) is 6.07 Å². The molecule has 0 atom stereocenters. The molecule has 186 valence electrons. The lowest BCUT2D eigenvalue weighted by molar-refractivity contribution is -0.358. The molecule has 0 spiro atoms. The lowest BCUT2D eigenvalue weighted by atomic mass is 10.0. The van der Waals surface area contributed by atoms with E-state index in [4.69, 9.17) is 4.74 Å². The van der Waals surface area contributed by atoms with Gasteiger partial charge in [0.05, 0.1) is 18.3 Å². The molecule has 4 rings (SSSR count). The topological polar surface area (TPSA) is 116 Å². The molecule has 3 N–H and O–H groups in total. The van der Waals surface area contributed by atoms with Gasteiger partial charge in [0.25, 0.3) is 5.79 Å². The highest BCUT2D eigenvalue weighted by atomic mass is 19.4. The number of halogens is 4. The van der Waals surface area contributed by atoms with Crippen molar-refractivity contribution in [2.75, 3.05) is 19.0 Å². The van der Waals surface area contributed by atoms with Crippen molar-refractivity contribution in [1.29, 1.82) is 5.26 Å². The fourth-order valence-corrected chi connectivity index (χ4v) is 3.76. The molecule has 12 heteroatoms. The normalized spacial score (nSPS) is 11.9. The van der Waals surface area contributed by atoms with Gasteiger partial charge in [-0.3, -0.25) is 0 Å². The quantitative estimate of drug-likeness (QED) is 0.260. The number of aliphatic hydroxyl groups is 2. The lowest BCUT2D eigenvalue weighted by Crippen LogP contribution is -2.41. The maximum absolute atomic E-state index is 14.6. The number of alkyl halides is 3. The Labute approximate surface area is 202 Å². The Morgan fingerprint density at radius 3 is 2.44 bits per heavy atom. The number of hydrogen-bond acceptors (Lipinski definition) is 7. The predicted molar refractivity (Wildman–Crippen MR) is 121 cm³/mol. The van der Waals surface area contributed by atoms with Gasteiger partial charge in [0.2, 0.25) is 0 Å². The van der Waals surface area contributed by atoms with Crippen molar-refractivity contribution in [3.8, 4) is 23.1 Å². The van der Waals surface area contributed by atoms with Crippen LogP contribution in [0.25, 0.3) is 22.2 Å². The van der Waals surface area contributed by atoms with Crippen molar-refractivity contribution < 1.29 is 32.5 Å². The second-order valence-corrected chi connectivity index (χ2v) is 7.77. The van der Waals surface area contributed by atoms with Gasteiger partial charge < -0.3 is 24.8 Å². The number of nitrogens with one attached hydrogen (secondary N) is 1. The van der Waals surface area contributed by atoms with Gasteiger partial charge in [-0.2, -0.15) is 18.4 Å². The van der Waals surface area contributed by atoms with Gasteiger partial charge in [0, 0.05) is 35.7 Å². The number of anilines is 1. The average Bonchev–Trinajstić information content (AvgIpc) is 3.23. The molecule has 0 aliphatic rings. The average molecular weight is 501 g/mol. The third kappa shape index (κ3) is 4.53. The summed E-state index contributed by atoms with van der Waals surface area (Å²) in [4.78, 5) is 8.20. The molecule has 2 heterocycles. The first-order valence-corrected chi connectivity index (χ1v) is 10.5. The molecule has 8 nitrogen and oxygen atoms in total. The SMILES string of the molecule is COc1ccc(F)c2c1cc(C#N)n2CCNc1cc(-c2ccc(C(O)(O)C(F)(F)F)cc2)ncn1. The predicted octanol–water partition coefficient (Wildman–Crippen LogP) is 3.93. The molecule has 0 unspecified atom stereocenters. The standard InChI is InChI=1S/C24H19F4N5O3/c1-36-20-7-6-18(25)22-17(20)10-16(12-29)33(22)9-8-30-21-11-19(31-13-32-21)14-2-4-15(5-3-14)23(34,35)24(26,27)28/h2-7,10-11,13,34-35H,8-9H2,1H3,(H,30,31,32). The van der Waals surface area contributed by atoms with Crippen molar-refractivity contribution in [2.24, 2.45) is 0 Å². The van der Waals surface area contributed by atoms with Crippen LogP contribution in [0.15, 0.2) is 54.9 Å². The summed E-state index contributed by atoms with van der Waals surface area (Å²) in [5.74, 6) is -3.65. The molecular formula is C24H19F4N5O3. The van der Waals surface area contributed by atoms with Crippen LogP contribution in [0.5, 0.6) is 5.75 Å². The zero-order valence-corrected chi connectivity index (χ0v) is 18.7. The van der Waals surface area contributed by atoms with Crippen molar-refractivity contribution >= 4 is 16.7 Å². The number of rotatable bonds is 7. The van der Waals surface area contributed by atoms with E-state index < -0.39 is 23.3 Å². The minimum absolute atomic E-state index is 0.219. The number of hydrogen-bond donors (Lipinski definition) is 3. The molecule has 2 aromatic heterocycles. The summed E-state index contributed by atoms with van der Waals surface area (Å²) >= 11 is 0. The summed E-state index contributed by atoms with van der Waals surface area (Å²) in [6.07, 6.45) is -4.01. The van der Waals surface area contributed by atoms with Gasteiger partial charge in [0.1, 0.15) is 35.5 Å². The third-order valence-corrected chi connectivity index (χ3v) is 5.59. The Bertz CT molecular complexity index is 1440. The van der Waals surface area contributed by atoms with Crippen LogP contribution in [-0.2, 0) is 12.3 Å². The fourth-order valence-electron chi connectivity index (χ4n) is 3.76. The van der Waals surface area contributed by atoms with Gasteiger partial charge in [0.15, 0.2) is 0 Å². The van der Waals surface area contributed by atoms with E-state index in [-0.39, 0.29) is 24.3 Å². The number of ether oxygens (including phenoxy) is 1. The lowest BCUT2D eigenvalue weighted by Gasteiger charge is -2.24. The van der Waals surface area contributed by atoms with Crippen LogP contribution in [0.4, 0.5) is 23.4 Å². The summed E-state index contributed by atoms with van der Waals surface area (Å²) in [5, 5.41) is 31.8. The zero-order valence-electron chi connectivity index (χ0n) is 18.7. The molecule has 0 bridgehead atoms.